The van der Waals surface area contributed by atoms with Crippen LogP contribution in [-0.4, -0.2) is 26.5 Å². The monoisotopic (exact) mass is 475 g/mol. The highest BCUT2D eigenvalue weighted by molar-refractivity contribution is 9.10. The summed E-state index contributed by atoms with van der Waals surface area (Å²) in [6.07, 6.45) is 1.58. The van der Waals surface area contributed by atoms with Gasteiger partial charge < -0.3 is 15.5 Å². The van der Waals surface area contributed by atoms with Gasteiger partial charge in [-0.15, -0.1) is 0 Å². The number of benzene rings is 1. The van der Waals surface area contributed by atoms with Crippen LogP contribution in [0, 0.1) is 0 Å². The van der Waals surface area contributed by atoms with Gasteiger partial charge in [0.25, 0.3) is 5.91 Å². The molecule has 0 aliphatic heterocycles. The molecule has 0 radical (unpaired) electrons. The van der Waals surface area contributed by atoms with Crippen molar-refractivity contribution in [2.45, 2.75) is 24.9 Å². The second-order valence-electron chi connectivity index (χ2n) is 6.00. The SMILES string of the molecule is CC(N)=NC(=O)C(Cc1ccc(C(F)(F)P(=O)(O)O)c(Br)c1)c1ccccn1. The Morgan fingerprint density at radius 1 is 1.36 bits per heavy atom. The summed E-state index contributed by atoms with van der Waals surface area (Å²) in [6, 6.07) is 8.47. The fraction of sp³-hybridized carbons (Fsp3) is 0.235. The molecule has 1 unspecified atom stereocenters. The number of carbonyl (C=O) groups excluding carboxylic acids is 1. The van der Waals surface area contributed by atoms with Gasteiger partial charge >= 0.3 is 13.3 Å². The maximum atomic E-state index is 14.0. The molecule has 0 fully saturated rings. The van der Waals surface area contributed by atoms with Crippen LogP contribution in [0.25, 0.3) is 0 Å². The predicted molar refractivity (Wildman–Crippen MR) is 103 cm³/mol. The molecule has 1 amide bonds. The van der Waals surface area contributed by atoms with Crippen molar-refractivity contribution in [1.82, 2.24) is 4.98 Å². The van der Waals surface area contributed by atoms with Gasteiger partial charge in [-0.3, -0.25) is 14.3 Å². The molecule has 0 saturated heterocycles. The summed E-state index contributed by atoms with van der Waals surface area (Å²) in [6.45, 7) is 1.46. The highest BCUT2D eigenvalue weighted by atomic mass is 79.9. The lowest BCUT2D eigenvalue weighted by molar-refractivity contribution is -0.119. The first-order valence-electron chi connectivity index (χ1n) is 7.91. The fourth-order valence-electron chi connectivity index (χ4n) is 2.47. The third kappa shape index (κ3) is 5.08. The third-order valence-electron chi connectivity index (χ3n) is 3.79. The number of alkyl halides is 2. The van der Waals surface area contributed by atoms with Crippen molar-refractivity contribution in [2.75, 3.05) is 0 Å². The first-order chi connectivity index (χ1) is 12.9. The van der Waals surface area contributed by atoms with Gasteiger partial charge in [0.05, 0.1) is 17.4 Å². The quantitative estimate of drug-likeness (QED) is 0.334. The van der Waals surface area contributed by atoms with Crippen molar-refractivity contribution in [3.8, 4) is 0 Å². The van der Waals surface area contributed by atoms with Gasteiger partial charge in [0.2, 0.25) is 0 Å². The maximum Gasteiger partial charge on any atom is 0.399 e. The van der Waals surface area contributed by atoms with Gasteiger partial charge in [0.1, 0.15) is 0 Å². The highest BCUT2D eigenvalue weighted by Gasteiger charge is 2.51. The number of aromatic nitrogens is 1. The minimum Gasteiger partial charge on any atom is -0.387 e. The molecule has 1 heterocycles. The van der Waals surface area contributed by atoms with Crippen LogP contribution >= 0.6 is 23.5 Å². The maximum absolute atomic E-state index is 14.0. The number of nitrogens with two attached hydrogens (primary N) is 1. The first-order valence-corrected chi connectivity index (χ1v) is 10.3. The first kappa shape index (κ1) is 22.3. The zero-order valence-electron chi connectivity index (χ0n) is 14.6. The Morgan fingerprint density at radius 3 is 2.54 bits per heavy atom. The second-order valence-corrected chi connectivity index (χ2v) is 8.51. The van der Waals surface area contributed by atoms with Crippen LogP contribution in [0.1, 0.15) is 29.7 Å². The smallest absolute Gasteiger partial charge is 0.387 e. The van der Waals surface area contributed by atoms with Crippen molar-refractivity contribution in [3.05, 3.63) is 63.9 Å². The standard InChI is InChI=1S/C17H17BrF2N3O4P/c1-10(21)23-16(24)12(15-4-2-3-7-22-15)8-11-5-6-13(14(18)9-11)17(19,20)28(25,26)27/h2-7,9,12H,8H2,1H3,(H2,21,23,24)(H2,25,26,27). The number of amides is 1. The Bertz CT molecular complexity index is 947. The Balaban J connectivity index is 2.41. The molecule has 0 saturated carbocycles. The lowest BCUT2D eigenvalue weighted by atomic mass is 9.94. The molecule has 0 spiro atoms. The minimum atomic E-state index is -5.70. The Kier molecular flexibility index (Phi) is 6.82. The van der Waals surface area contributed by atoms with E-state index in [4.69, 9.17) is 15.5 Å². The van der Waals surface area contributed by atoms with Crippen LogP contribution in [0.4, 0.5) is 8.78 Å². The van der Waals surface area contributed by atoms with Crippen molar-refractivity contribution in [3.63, 3.8) is 0 Å². The summed E-state index contributed by atoms with van der Waals surface area (Å²) in [4.78, 5) is 38.2. The van der Waals surface area contributed by atoms with Gasteiger partial charge in [-0.05, 0) is 37.1 Å². The number of hydrogen-bond acceptors (Lipinski definition) is 3. The number of amidine groups is 1. The van der Waals surface area contributed by atoms with E-state index in [2.05, 4.69) is 25.9 Å². The topological polar surface area (TPSA) is 126 Å². The number of aliphatic imine (C=N–C) groups is 1. The average molecular weight is 476 g/mol. The van der Waals surface area contributed by atoms with E-state index in [1.54, 1.807) is 18.2 Å². The molecule has 1 aromatic carbocycles. The number of pyridine rings is 1. The summed E-state index contributed by atoms with van der Waals surface area (Å²) in [5.74, 6) is -1.28. The zero-order chi connectivity index (χ0) is 21.1. The van der Waals surface area contributed by atoms with E-state index < -0.39 is 30.6 Å². The molecule has 11 heteroatoms. The predicted octanol–water partition coefficient (Wildman–Crippen LogP) is 3.30. The molecule has 0 aliphatic rings. The fourth-order valence-corrected chi connectivity index (χ4v) is 3.81. The summed E-state index contributed by atoms with van der Waals surface area (Å²) >= 11 is 2.93. The van der Waals surface area contributed by atoms with E-state index >= 15 is 0 Å². The lowest BCUT2D eigenvalue weighted by Crippen LogP contribution is -2.19. The van der Waals surface area contributed by atoms with Gasteiger partial charge in [-0.25, -0.2) is 4.99 Å². The summed E-state index contributed by atoms with van der Waals surface area (Å²) in [5, 5.41) is 0. The largest absolute Gasteiger partial charge is 0.399 e. The second kappa shape index (κ2) is 8.57. The Labute approximate surface area is 168 Å². The van der Waals surface area contributed by atoms with Gasteiger partial charge in [0.15, 0.2) is 0 Å². The van der Waals surface area contributed by atoms with E-state index in [-0.39, 0.29) is 16.7 Å². The average Bonchev–Trinajstić information content (AvgIpc) is 2.58. The van der Waals surface area contributed by atoms with Crippen molar-refractivity contribution in [2.24, 2.45) is 10.7 Å². The summed E-state index contributed by atoms with van der Waals surface area (Å²) in [5.41, 5.74) is 1.18. The molecule has 1 aromatic heterocycles. The van der Waals surface area contributed by atoms with Crippen LogP contribution in [0.2, 0.25) is 0 Å². The molecule has 4 N–H and O–H groups in total. The molecule has 0 aliphatic carbocycles. The minimum absolute atomic E-state index is 0.0729. The van der Waals surface area contributed by atoms with Gasteiger partial charge in [-0.1, -0.05) is 34.1 Å². The molecule has 2 rings (SSSR count). The van der Waals surface area contributed by atoms with Crippen LogP contribution in [0.3, 0.4) is 0 Å². The molecule has 28 heavy (non-hydrogen) atoms. The normalized spacial score (nSPS) is 14.0. The number of hydrogen-bond donors (Lipinski definition) is 3. The van der Waals surface area contributed by atoms with Gasteiger partial charge in [-0.2, -0.15) is 8.78 Å². The van der Waals surface area contributed by atoms with E-state index in [0.29, 0.717) is 11.3 Å². The van der Waals surface area contributed by atoms with Gasteiger partial charge in [0, 0.05) is 16.2 Å². The van der Waals surface area contributed by atoms with Crippen LogP contribution in [0.15, 0.2) is 52.1 Å². The van der Waals surface area contributed by atoms with E-state index in [9.17, 15) is 18.1 Å². The van der Waals surface area contributed by atoms with Crippen molar-refractivity contribution >= 4 is 35.3 Å². The number of carbonyl (C=O) groups is 1. The molecule has 1 atom stereocenters. The molecule has 7 nitrogen and oxygen atoms in total. The summed E-state index contributed by atoms with van der Waals surface area (Å²) in [7, 11) is -5.70. The molecule has 2 aromatic rings. The van der Waals surface area contributed by atoms with E-state index in [0.717, 1.165) is 6.07 Å². The van der Waals surface area contributed by atoms with Crippen LogP contribution in [-0.2, 0) is 21.4 Å². The number of nitrogens with zero attached hydrogens (tertiary/aromatic N) is 2. The van der Waals surface area contributed by atoms with Crippen molar-refractivity contribution in [1.29, 1.82) is 0 Å². The molecule has 0 bridgehead atoms. The van der Waals surface area contributed by atoms with Crippen LogP contribution in [0.5, 0.6) is 0 Å². The lowest BCUT2D eigenvalue weighted by Gasteiger charge is -2.20. The van der Waals surface area contributed by atoms with E-state index in [1.807, 2.05) is 0 Å². The summed E-state index contributed by atoms with van der Waals surface area (Å²) < 4.78 is 38.8. The molecule has 150 valence electrons. The van der Waals surface area contributed by atoms with Crippen LogP contribution < -0.4 is 5.73 Å². The number of rotatable bonds is 6. The number of halogens is 3. The Hall–Kier alpha value is -2.00. The zero-order valence-corrected chi connectivity index (χ0v) is 17.1. The molecular formula is C17H17BrF2N3O4P. The van der Waals surface area contributed by atoms with E-state index in [1.165, 1.54) is 25.3 Å². The van der Waals surface area contributed by atoms with Crippen molar-refractivity contribution < 1.29 is 27.9 Å². The molecular weight excluding hydrogens is 459 g/mol. The Morgan fingerprint density at radius 2 is 2.04 bits per heavy atom. The highest BCUT2D eigenvalue weighted by Crippen LogP contribution is 2.60. The third-order valence-corrected chi connectivity index (χ3v) is 5.42.